The van der Waals surface area contributed by atoms with Gasteiger partial charge >= 0.3 is 5.97 Å². The monoisotopic (exact) mass is 221 g/mol. The molecule has 1 aromatic carbocycles. The second-order valence-corrected chi connectivity index (χ2v) is 3.73. The van der Waals surface area contributed by atoms with Crippen molar-refractivity contribution in [2.45, 2.75) is 26.5 Å². The molecule has 2 atom stereocenters. The van der Waals surface area contributed by atoms with Crippen molar-refractivity contribution in [3.63, 3.8) is 0 Å². The van der Waals surface area contributed by atoms with Crippen LogP contribution in [-0.4, -0.2) is 12.0 Å². The molecule has 86 valence electrons. The van der Waals surface area contributed by atoms with Crippen molar-refractivity contribution in [2.75, 3.05) is 0 Å². The van der Waals surface area contributed by atoms with Crippen molar-refractivity contribution in [2.24, 2.45) is 11.1 Å². The highest BCUT2D eigenvalue weighted by Crippen LogP contribution is 2.10. The second-order valence-electron chi connectivity index (χ2n) is 3.73. The van der Waals surface area contributed by atoms with Gasteiger partial charge in [0, 0.05) is 0 Å². The fourth-order valence-electron chi connectivity index (χ4n) is 1.15. The van der Waals surface area contributed by atoms with Gasteiger partial charge in [-0.05, 0) is 19.4 Å². The highest BCUT2D eigenvalue weighted by Gasteiger charge is 2.22. The summed E-state index contributed by atoms with van der Waals surface area (Å²) in [4.78, 5) is 21.8. The predicted molar refractivity (Wildman–Crippen MR) is 60.7 cm³/mol. The Morgan fingerprint density at radius 1 is 1.31 bits per heavy atom. The van der Waals surface area contributed by atoms with E-state index < -0.39 is 17.9 Å². The zero-order valence-corrected chi connectivity index (χ0v) is 9.42. The van der Waals surface area contributed by atoms with Gasteiger partial charge in [0.05, 0.1) is 5.92 Å². The molecule has 0 aliphatic carbocycles. The van der Waals surface area contributed by atoms with E-state index in [0.29, 0.717) is 0 Å². The topological polar surface area (TPSA) is 55.7 Å². The summed E-state index contributed by atoms with van der Waals surface area (Å²) in [6.45, 7) is 3.47. The van der Waals surface area contributed by atoms with Gasteiger partial charge in [0.25, 0.3) is 0 Å². The van der Waals surface area contributed by atoms with Crippen LogP contribution in [-0.2, 0) is 16.1 Å². The number of benzene rings is 1. The van der Waals surface area contributed by atoms with Crippen LogP contribution in [0.1, 0.15) is 19.4 Å². The summed E-state index contributed by atoms with van der Waals surface area (Å²) in [5, 5.41) is 2.81. The van der Waals surface area contributed by atoms with Crippen molar-refractivity contribution >= 4 is 5.97 Å². The first-order valence-corrected chi connectivity index (χ1v) is 5.18. The van der Waals surface area contributed by atoms with Crippen LogP contribution in [0.4, 0.5) is 0 Å². The van der Waals surface area contributed by atoms with Crippen molar-refractivity contribution < 1.29 is 9.53 Å². The molecule has 0 bridgehead atoms. The van der Waals surface area contributed by atoms with Gasteiger partial charge in [-0.1, -0.05) is 35.5 Å². The van der Waals surface area contributed by atoms with Gasteiger partial charge in [-0.3, -0.25) is 4.79 Å². The van der Waals surface area contributed by atoms with Gasteiger partial charge in [0.2, 0.25) is 0 Å². The van der Waals surface area contributed by atoms with E-state index in [-0.39, 0.29) is 6.61 Å². The van der Waals surface area contributed by atoms with Crippen LogP contribution in [0, 0.1) is 10.8 Å². The van der Waals surface area contributed by atoms with Crippen LogP contribution in [0.25, 0.3) is 0 Å². The third-order valence-electron chi connectivity index (χ3n) is 2.49. The molecule has 0 N–H and O–H groups in total. The van der Waals surface area contributed by atoms with Gasteiger partial charge in [0.1, 0.15) is 12.6 Å². The van der Waals surface area contributed by atoms with E-state index in [4.69, 9.17) is 4.74 Å². The number of esters is 1. The Kier molecular flexibility index (Phi) is 4.64. The average molecular weight is 221 g/mol. The quantitative estimate of drug-likeness (QED) is 0.567. The summed E-state index contributed by atoms with van der Waals surface area (Å²) >= 11 is 0. The van der Waals surface area contributed by atoms with E-state index in [0.717, 1.165) is 5.56 Å². The molecule has 0 unspecified atom stereocenters. The zero-order chi connectivity index (χ0) is 12.0. The molecule has 0 aromatic heterocycles. The molecule has 0 heterocycles. The summed E-state index contributed by atoms with van der Waals surface area (Å²) in [6, 6.07) is 8.85. The Morgan fingerprint density at radius 3 is 2.50 bits per heavy atom. The van der Waals surface area contributed by atoms with Crippen molar-refractivity contribution in [3.05, 3.63) is 40.8 Å². The van der Waals surface area contributed by atoms with Gasteiger partial charge in [-0.15, -0.1) is 0 Å². The smallest absolute Gasteiger partial charge is 0.311 e. The lowest BCUT2D eigenvalue weighted by molar-refractivity contribution is -0.149. The van der Waals surface area contributed by atoms with Crippen molar-refractivity contribution in [1.29, 1.82) is 0 Å². The van der Waals surface area contributed by atoms with Crippen molar-refractivity contribution in [3.8, 4) is 0 Å². The summed E-state index contributed by atoms with van der Waals surface area (Å²) in [5.41, 5.74) is 0.926. The lowest BCUT2D eigenvalue weighted by Gasteiger charge is -2.12. The Hall–Kier alpha value is -1.71. The number of ether oxygens (including phenoxy) is 1. The SMILES string of the molecule is C[C@H](N=O)[C@@H](C)C(=O)OCc1ccccc1. The summed E-state index contributed by atoms with van der Waals surface area (Å²) in [5.74, 6) is -0.892. The molecule has 0 saturated carbocycles. The van der Waals surface area contributed by atoms with Gasteiger partial charge in [-0.25, -0.2) is 0 Å². The Bertz CT molecular complexity index is 351. The molecule has 0 saturated heterocycles. The molecule has 0 radical (unpaired) electrons. The molecule has 0 spiro atoms. The number of carbonyl (C=O) groups is 1. The summed E-state index contributed by atoms with van der Waals surface area (Å²) in [6.07, 6.45) is 0. The molecule has 1 rings (SSSR count). The Balaban J connectivity index is 2.44. The maximum absolute atomic E-state index is 11.5. The third kappa shape index (κ3) is 3.46. The number of rotatable bonds is 5. The minimum Gasteiger partial charge on any atom is -0.461 e. The van der Waals surface area contributed by atoms with E-state index in [2.05, 4.69) is 5.18 Å². The Morgan fingerprint density at radius 2 is 1.94 bits per heavy atom. The minimum atomic E-state index is -0.553. The summed E-state index contributed by atoms with van der Waals surface area (Å²) in [7, 11) is 0. The molecular weight excluding hydrogens is 206 g/mol. The second kappa shape index (κ2) is 6.00. The first-order valence-electron chi connectivity index (χ1n) is 5.18. The molecule has 16 heavy (non-hydrogen) atoms. The predicted octanol–water partition coefficient (Wildman–Crippen LogP) is 2.52. The normalized spacial score (nSPS) is 13.9. The van der Waals surface area contributed by atoms with Gasteiger partial charge in [0.15, 0.2) is 0 Å². The number of hydrogen-bond donors (Lipinski definition) is 0. The first-order chi connectivity index (χ1) is 7.65. The fraction of sp³-hybridized carbons (Fsp3) is 0.417. The largest absolute Gasteiger partial charge is 0.461 e. The average Bonchev–Trinajstić information content (AvgIpc) is 2.35. The number of nitroso groups, excluding NO2 is 1. The molecule has 0 fully saturated rings. The molecule has 0 aliphatic heterocycles. The van der Waals surface area contributed by atoms with E-state index >= 15 is 0 Å². The molecule has 1 aromatic rings. The van der Waals surface area contributed by atoms with E-state index in [1.165, 1.54) is 0 Å². The number of carbonyl (C=O) groups excluding carboxylic acids is 1. The number of hydrogen-bond acceptors (Lipinski definition) is 4. The molecule has 4 heteroatoms. The fourth-order valence-corrected chi connectivity index (χ4v) is 1.15. The Labute approximate surface area is 94.6 Å². The first kappa shape index (κ1) is 12.4. The lowest BCUT2D eigenvalue weighted by Crippen LogP contribution is -2.23. The van der Waals surface area contributed by atoms with E-state index in [1.807, 2.05) is 30.3 Å². The summed E-state index contributed by atoms with van der Waals surface area (Å²) < 4.78 is 5.08. The molecule has 0 amide bonds. The lowest BCUT2D eigenvalue weighted by atomic mass is 10.1. The van der Waals surface area contributed by atoms with E-state index in [9.17, 15) is 9.70 Å². The number of nitrogens with zero attached hydrogens (tertiary/aromatic N) is 1. The van der Waals surface area contributed by atoms with Crippen LogP contribution in [0.15, 0.2) is 35.5 Å². The van der Waals surface area contributed by atoms with Crippen LogP contribution >= 0.6 is 0 Å². The molecule has 4 nitrogen and oxygen atoms in total. The van der Waals surface area contributed by atoms with Gasteiger partial charge < -0.3 is 4.74 Å². The standard InChI is InChI=1S/C12H15NO3/c1-9(10(2)13-15)12(14)16-8-11-6-4-3-5-7-11/h3-7,9-10H,8H2,1-2H3/t9-,10+/m1/s1. The van der Waals surface area contributed by atoms with Crippen LogP contribution in [0.2, 0.25) is 0 Å². The van der Waals surface area contributed by atoms with Crippen LogP contribution in [0.5, 0.6) is 0 Å². The maximum Gasteiger partial charge on any atom is 0.311 e. The highest BCUT2D eigenvalue weighted by molar-refractivity contribution is 5.72. The van der Waals surface area contributed by atoms with Gasteiger partial charge in [-0.2, -0.15) is 4.91 Å². The van der Waals surface area contributed by atoms with Crippen LogP contribution in [0.3, 0.4) is 0 Å². The highest BCUT2D eigenvalue weighted by atomic mass is 16.5. The molecular formula is C12H15NO3. The molecule has 0 aliphatic rings. The maximum atomic E-state index is 11.5. The minimum absolute atomic E-state index is 0.232. The van der Waals surface area contributed by atoms with Crippen molar-refractivity contribution in [1.82, 2.24) is 0 Å². The third-order valence-corrected chi connectivity index (χ3v) is 2.49. The zero-order valence-electron chi connectivity index (χ0n) is 9.42. The van der Waals surface area contributed by atoms with E-state index in [1.54, 1.807) is 13.8 Å². The van der Waals surface area contributed by atoms with Crippen LogP contribution < -0.4 is 0 Å².